The zero-order valence-corrected chi connectivity index (χ0v) is 21.3. The van der Waals surface area contributed by atoms with Crippen LogP contribution in [0.5, 0.6) is 0 Å². The molecule has 0 heterocycles. The van der Waals surface area contributed by atoms with Gasteiger partial charge in [-0.3, -0.25) is 0 Å². The minimum absolute atomic E-state index is 0.659. The fourth-order valence-corrected chi connectivity index (χ4v) is 3.33. The van der Waals surface area contributed by atoms with Gasteiger partial charge in [0.2, 0.25) is 0 Å². The highest BCUT2D eigenvalue weighted by Crippen LogP contribution is 2.16. The smallest absolute Gasteiger partial charge is 0.0259 e. The number of allylic oxidation sites excluding steroid dienone is 11. The van der Waals surface area contributed by atoms with Crippen molar-refractivity contribution in [1.29, 1.82) is 0 Å². The van der Waals surface area contributed by atoms with Crippen LogP contribution in [0.2, 0.25) is 0 Å². The lowest BCUT2D eigenvalue weighted by Gasteiger charge is -2.06. The first-order valence-electron chi connectivity index (χ1n) is 12.1. The normalized spacial score (nSPS) is 13.4. The zero-order chi connectivity index (χ0) is 22.8. The molecular formula is C30H50. The van der Waals surface area contributed by atoms with Crippen LogP contribution in [-0.4, -0.2) is 0 Å². The second-order valence-corrected chi connectivity index (χ2v) is 9.55. The molecular weight excluding hydrogens is 360 g/mol. The summed E-state index contributed by atoms with van der Waals surface area (Å²) >= 11 is 0. The van der Waals surface area contributed by atoms with E-state index >= 15 is 0 Å². The Morgan fingerprint density at radius 1 is 0.633 bits per heavy atom. The van der Waals surface area contributed by atoms with Crippen molar-refractivity contribution in [1.82, 2.24) is 0 Å². The lowest BCUT2D eigenvalue weighted by atomic mass is 10.0. The maximum atomic E-state index is 4.27. The van der Waals surface area contributed by atoms with E-state index in [0.29, 0.717) is 5.92 Å². The standard InChI is InChI=1S/C30H50/c1-25(2)15-11-19-29(7)23-13-21-27(5)17-9-10-18-28(6)22-14-24-30(8)20-12-16-26(3)4/h10,15-16,18,23-24,28H,5,9,11-14,17,19-22H2,1-4,6-8H3/b18-10+,29-23+,30-24+. The predicted octanol–water partition coefficient (Wildman–Crippen LogP) is 10.5. The molecule has 0 nitrogen and oxygen atoms in total. The van der Waals surface area contributed by atoms with Gasteiger partial charge in [-0.15, -0.1) is 0 Å². The van der Waals surface area contributed by atoms with Gasteiger partial charge in [-0.25, -0.2) is 0 Å². The van der Waals surface area contributed by atoms with Crippen LogP contribution >= 0.6 is 0 Å². The van der Waals surface area contributed by atoms with E-state index in [1.54, 1.807) is 0 Å². The van der Waals surface area contributed by atoms with Crippen LogP contribution in [0.15, 0.2) is 70.9 Å². The van der Waals surface area contributed by atoms with E-state index in [1.165, 1.54) is 66.4 Å². The second kappa shape index (κ2) is 18.2. The van der Waals surface area contributed by atoms with E-state index in [4.69, 9.17) is 0 Å². The predicted molar refractivity (Wildman–Crippen MR) is 140 cm³/mol. The summed E-state index contributed by atoms with van der Waals surface area (Å²) in [4.78, 5) is 0. The first-order valence-corrected chi connectivity index (χ1v) is 12.1. The van der Waals surface area contributed by atoms with E-state index in [1.807, 2.05) is 0 Å². The molecule has 0 aromatic rings. The van der Waals surface area contributed by atoms with Crippen molar-refractivity contribution in [3.05, 3.63) is 70.9 Å². The van der Waals surface area contributed by atoms with E-state index < -0.39 is 0 Å². The van der Waals surface area contributed by atoms with Crippen LogP contribution in [0.4, 0.5) is 0 Å². The highest BCUT2D eigenvalue weighted by Gasteiger charge is 1.98. The van der Waals surface area contributed by atoms with Crippen molar-refractivity contribution >= 4 is 0 Å². The highest BCUT2D eigenvalue weighted by molar-refractivity contribution is 5.05. The third-order valence-corrected chi connectivity index (χ3v) is 5.42. The monoisotopic (exact) mass is 410 g/mol. The second-order valence-electron chi connectivity index (χ2n) is 9.55. The van der Waals surface area contributed by atoms with Crippen molar-refractivity contribution in [3.8, 4) is 0 Å². The van der Waals surface area contributed by atoms with Crippen molar-refractivity contribution in [2.24, 2.45) is 5.92 Å². The summed E-state index contributed by atoms with van der Waals surface area (Å²) in [5.41, 5.74) is 7.26. The van der Waals surface area contributed by atoms with Gasteiger partial charge in [-0.2, -0.15) is 0 Å². The van der Waals surface area contributed by atoms with Gasteiger partial charge in [0.1, 0.15) is 0 Å². The van der Waals surface area contributed by atoms with Crippen molar-refractivity contribution in [3.63, 3.8) is 0 Å². The SMILES string of the molecule is C=C(CC/C=C/C(C)CC/C=C(\C)CCC=C(C)C)CC/C=C(\C)CCC=C(C)C. The largest absolute Gasteiger partial charge is 0.0998 e. The van der Waals surface area contributed by atoms with E-state index in [0.717, 1.165) is 25.7 Å². The Kier molecular flexibility index (Phi) is 17.3. The van der Waals surface area contributed by atoms with Gasteiger partial charge in [0.05, 0.1) is 0 Å². The van der Waals surface area contributed by atoms with Crippen LogP contribution in [0.1, 0.15) is 113 Å². The fraction of sp³-hybridized carbons (Fsp3) is 0.600. The van der Waals surface area contributed by atoms with Crippen molar-refractivity contribution in [2.75, 3.05) is 0 Å². The molecule has 30 heavy (non-hydrogen) atoms. The molecule has 0 radical (unpaired) electrons. The summed E-state index contributed by atoms with van der Waals surface area (Å²) in [6, 6.07) is 0. The summed E-state index contributed by atoms with van der Waals surface area (Å²) in [5.74, 6) is 0.659. The van der Waals surface area contributed by atoms with Gasteiger partial charge in [-0.05, 0) is 112 Å². The van der Waals surface area contributed by atoms with Gasteiger partial charge in [0, 0.05) is 0 Å². The molecule has 0 saturated carbocycles. The van der Waals surface area contributed by atoms with Crippen LogP contribution in [0, 0.1) is 5.92 Å². The zero-order valence-electron chi connectivity index (χ0n) is 21.3. The highest BCUT2D eigenvalue weighted by atomic mass is 14.0. The molecule has 1 unspecified atom stereocenters. The molecule has 0 fully saturated rings. The molecule has 0 amide bonds. The number of rotatable bonds is 16. The molecule has 0 bridgehead atoms. The van der Waals surface area contributed by atoms with Crippen molar-refractivity contribution in [2.45, 2.75) is 113 Å². The first-order chi connectivity index (χ1) is 14.2. The summed E-state index contributed by atoms with van der Waals surface area (Å²) in [6.45, 7) is 19.8. The van der Waals surface area contributed by atoms with E-state index in [-0.39, 0.29) is 0 Å². The Labute approximate surface area is 189 Å². The summed E-state index contributed by atoms with van der Waals surface area (Å²) in [5, 5.41) is 0. The van der Waals surface area contributed by atoms with Gasteiger partial charge < -0.3 is 0 Å². The van der Waals surface area contributed by atoms with Gasteiger partial charge in [-0.1, -0.05) is 77.8 Å². The minimum atomic E-state index is 0.659. The number of hydrogen-bond acceptors (Lipinski definition) is 0. The van der Waals surface area contributed by atoms with Crippen LogP contribution in [0.25, 0.3) is 0 Å². The summed E-state index contributed by atoms with van der Waals surface area (Å²) in [6.07, 6.45) is 25.9. The summed E-state index contributed by atoms with van der Waals surface area (Å²) < 4.78 is 0. The molecule has 0 N–H and O–H groups in total. The quantitative estimate of drug-likeness (QED) is 0.222. The van der Waals surface area contributed by atoms with Gasteiger partial charge in [0.25, 0.3) is 0 Å². The molecule has 0 spiro atoms. The Hall–Kier alpha value is -1.56. The van der Waals surface area contributed by atoms with Crippen LogP contribution in [0.3, 0.4) is 0 Å². The summed E-state index contributed by atoms with van der Waals surface area (Å²) in [7, 11) is 0. The molecule has 0 heteroatoms. The van der Waals surface area contributed by atoms with Crippen molar-refractivity contribution < 1.29 is 0 Å². The molecule has 170 valence electrons. The van der Waals surface area contributed by atoms with Gasteiger partial charge in [0.15, 0.2) is 0 Å². The van der Waals surface area contributed by atoms with Crippen LogP contribution < -0.4 is 0 Å². The molecule has 0 aliphatic carbocycles. The third kappa shape index (κ3) is 19.7. The molecule has 0 aromatic heterocycles. The fourth-order valence-electron chi connectivity index (χ4n) is 3.33. The molecule has 0 rings (SSSR count). The lowest BCUT2D eigenvalue weighted by molar-refractivity contribution is 0.652. The maximum Gasteiger partial charge on any atom is -0.0259 e. The molecule has 0 aliphatic heterocycles. The van der Waals surface area contributed by atoms with Crippen LogP contribution in [-0.2, 0) is 0 Å². The first kappa shape index (κ1) is 28.4. The van der Waals surface area contributed by atoms with Gasteiger partial charge >= 0.3 is 0 Å². The minimum Gasteiger partial charge on any atom is -0.0998 e. The molecule has 0 saturated heterocycles. The maximum absolute atomic E-state index is 4.27. The molecule has 0 aromatic carbocycles. The molecule has 0 aliphatic rings. The molecule has 1 atom stereocenters. The van der Waals surface area contributed by atoms with E-state index in [9.17, 15) is 0 Å². The number of hydrogen-bond donors (Lipinski definition) is 0. The Morgan fingerprint density at radius 2 is 1.10 bits per heavy atom. The van der Waals surface area contributed by atoms with E-state index in [2.05, 4.69) is 91.5 Å². The average molecular weight is 411 g/mol. The Bertz CT molecular complexity index is 610. The Morgan fingerprint density at radius 3 is 1.63 bits per heavy atom. The topological polar surface area (TPSA) is 0 Å². The third-order valence-electron chi connectivity index (χ3n) is 5.42. The average Bonchev–Trinajstić information content (AvgIpc) is 2.64. The lowest BCUT2D eigenvalue weighted by Crippen LogP contribution is -1.89. The Balaban J connectivity index is 3.93.